The molecule has 0 fully saturated rings. The van der Waals surface area contributed by atoms with Gasteiger partial charge in [0.05, 0.1) is 12.3 Å². The van der Waals surface area contributed by atoms with E-state index in [1.54, 1.807) is 25.1 Å². The van der Waals surface area contributed by atoms with Gasteiger partial charge in [0.25, 0.3) is 5.91 Å². The Hall–Kier alpha value is -3.08. The number of carbonyl (C=O) groups is 1. The van der Waals surface area contributed by atoms with Gasteiger partial charge in [0.1, 0.15) is 5.75 Å². The minimum atomic E-state index is -0.336. The molecule has 0 unspecified atom stereocenters. The predicted octanol–water partition coefficient (Wildman–Crippen LogP) is 3.86. The first kappa shape index (κ1) is 15.8. The molecule has 0 saturated carbocycles. The standard InChI is InChI=1S/C19H18N2O3/c1-14-12-18(24-21-14)19(22)20-16-8-5-9-17(13-16)23-11-10-15-6-3-2-4-7-15/h2-9,12-13H,10-11H2,1H3,(H,20,22). The van der Waals surface area contributed by atoms with Gasteiger partial charge in [-0.15, -0.1) is 0 Å². The van der Waals surface area contributed by atoms with Crippen LogP contribution in [-0.2, 0) is 6.42 Å². The molecule has 1 heterocycles. The number of aromatic nitrogens is 1. The maximum absolute atomic E-state index is 12.1. The fraction of sp³-hybridized carbons (Fsp3) is 0.158. The van der Waals surface area contributed by atoms with Gasteiger partial charge < -0.3 is 14.6 Å². The van der Waals surface area contributed by atoms with Crippen LogP contribution in [0, 0.1) is 6.92 Å². The molecule has 0 aliphatic rings. The Morgan fingerprint density at radius 1 is 1.12 bits per heavy atom. The highest BCUT2D eigenvalue weighted by Crippen LogP contribution is 2.18. The van der Waals surface area contributed by atoms with Gasteiger partial charge in [-0.05, 0) is 24.6 Å². The second-order valence-corrected chi connectivity index (χ2v) is 5.40. The van der Waals surface area contributed by atoms with Crippen molar-refractivity contribution < 1.29 is 14.1 Å². The van der Waals surface area contributed by atoms with Crippen molar-refractivity contribution in [3.8, 4) is 5.75 Å². The van der Waals surface area contributed by atoms with Crippen LogP contribution in [0.5, 0.6) is 5.75 Å². The molecular formula is C19H18N2O3. The van der Waals surface area contributed by atoms with Crippen LogP contribution in [0.2, 0.25) is 0 Å². The molecule has 2 aromatic carbocycles. The fourth-order valence-electron chi connectivity index (χ4n) is 2.26. The van der Waals surface area contributed by atoms with E-state index < -0.39 is 0 Å². The fourth-order valence-corrected chi connectivity index (χ4v) is 2.26. The summed E-state index contributed by atoms with van der Waals surface area (Å²) >= 11 is 0. The van der Waals surface area contributed by atoms with Gasteiger partial charge in [-0.3, -0.25) is 4.79 Å². The summed E-state index contributed by atoms with van der Waals surface area (Å²) < 4.78 is 10.7. The van der Waals surface area contributed by atoms with Crippen molar-refractivity contribution in [2.45, 2.75) is 13.3 Å². The minimum Gasteiger partial charge on any atom is -0.493 e. The van der Waals surface area contributed by atoms with E-state index in [1.807, 2.05) is 30.3 Å². The number of amides is 1. The topological polar surface area (TPSA) is 64.4 Å². The molecule has 0 spiro atoms. The molecule has 24 heavy (non-hydrogen) atoms. The third kappa shape index (κ3) is 4.23. The maximum Gasteiger partial charge on any atom is 0.294 e. The van der Waals surface area contributed by atoms with E-state index in [-0.39, 0.29) is 11.7 Å². The maximum atomic E-state index is 12.1. The van der Waals surface area contributed by atoms with Crippen molar-refractivity contribution in [2.75, 3.05) is 11.9 Å². The van der Waals surface area contributed by atoms with Crippen molar-refractivity contribution in [1.29, 1.82) is 0 Å². The summed E-state index contributed by atoms with van der Waals surface area (Å²) in [5, 5.41) is 6.47. The van der Waals surface area contributed by atoms with Crippen molar-refractivity contribution in [1.82, 2.24) is 5.16 Å². The molecule has 3 aromatic rings. The summed E-state index contributed by atoms with van der Waals surface area (Å²) in [5.74, 6) is 0.553. The van der Waals surface area contributed by atoms with Gasteiger partial charge in [0.15, 0.2) is 0 Å². The molecule has 1 N–H and O–H groups in total. The van der Waals surface area contributed by atoms with Crippen molar-refractivity contribution in [3.05, 3.63) is 77.7 Å². The summed E-state index contributed by atoms with van der Waals surface area (Å²) in [6.45, 7) is 2.34. The van der Waals surface area contributed by atoms with Crippen LogP contribution in [0.1, 0.15) is 21.8 Å². The third-order valence-electron chi connectivity index (χ3n) is 3.45. The van der Waals surface area contributed by atoms with E-state index in [0.717, 1.165) is 6.42 Å². The molecule has 0 atom stereocenters. The normalized spacial score (nSPS) is 10.4. The zero-order chi connectivity index (χ0) is 16.8. The lowest BCUT2D eigenvalue weighted by molar-refractivity contribution is 0.0988. The lowest BCUT2D eigenvalue weighted by atomic mass is 10.2. The van der Waals surface area contributed by atoms with Crippen LogP contribution in [0.15, 0.2) is 65.2 Å². The monoisotopic (exact) mass is 322 g/mol. The number of nitrogens with one attached hydrogen (secondary N) is 1. The highest BCUT2D eigenvalue weighted by atomic mass is 16.5. The van der Waals surface area contributed by atoms with Crippen molar-refractivity contribution in [3.63, 3.8) is 0 Å². The molecule has 3 rings (SSSR count). The zero-order valence-electron chi connectivity index (χ0n) is 13.4. The molecule has 1 amide bonds. The molecule has 0 aliphatic heterocycles. The summed E-state index contributed by atoms with van der Waals surface area (Å²) in [4.78, 5) is 12.1. The summed E-state index contributed by atoms with van der Waals surface area (Å²) in [6.07, 6.45) is 0.828. The first-order chi connectivity index (χ1) is 11.7. The number of hydrogen-bond acceptors (Lipinski definition) is 4. The van der Waals surface area contributed by atoms with Gasteiger partial charge in [-0.2, -0.15) is 0 Å². The highest BCUT2D eigenvalue weighted by Gasteiger charge is 2.11. The Morgan fingerprint density at radius 2 is 1.96 bits per heavy atom. The number of ether oxygens (including phenoxy) is 1. The third-order valence-corrected chi connectivity index (χ3v) is 3.45. The Balaban J connectivity index is 1.56. The Morgan fingerprint density at radius 3 is 2.71 bits per heavy atom. The van der Waals surface area contributed by atoms with Gasteiger partial charge >= 0.3 is 0 Å². The summed E-state index contributed by atoms with van der Waals surface area (Å²) in [7, 11) is 0. The smallest absolute Gasteiger partial charge is 0.294 e. The number of hydrogen-bond donors (Lipinski definition) is 1. The second kappa shape index (κ2) is 7.46. The van der Waals surface area contributed by atoms with Crippen LogP contribution in [-0.4, -0.2) is 17.7 Å². The lowest BCUT2D eigenvalue weighted by Crippen LogP contribution is -2.11. The van der Waals surface area contributed by atoms with Gasteiger partial charge in [-0.1, -0.05) is 41.6 Å². The van der Waals surface area contributed by atoms with Gasteiger partial charge in [0, 0.05) is 24.2 Å². The van der Waals surface area contributed by atoms with E-state index >= 15 is 0 Å². The SMILES string of the molecule is Cc1cc(C(=O)Nc2cccc(OCCc3ccccc3)c2)on1. The number of benzene rings is 2. The first-order valence-electron chi connectivity index (χ1n) is 7.72. The predicted molar refractivity (Wildman–Crippen MR) is 91.3 cm³/mol. The van der Waals surface area contributed by atoms with E-state index in [0.29, 0.717) is 23.7 Å². The van der Waals surface area contributed by atoms with E-state index in [9.17, 15) is 4.79 Å². The average molecular weight is 322 g/mol. The van der Waals surface area contributed by atoms with Crippen molar-refractivity contribution in [2.24, 2.45) is 0 Å². The second-order valence-electron chi connectivity index (χ2n) is 5.40. The van der Waals surface area contributed by atoms with Crippen LogP contribution >= 0.6 is 0 Å². The molecule has 0 saturated heterocycles. The Bertz CT molecular complexity index is 812. The lowest BCUT2D eigenvalue weighted by Gasteiger charge is -2.08. The molecule has 5 heteroatoms. The van der Waals surface area contributed by atoms with Gasteiger partial charge in [0.2, 0.25) is 5.76 Å². The Labute approximate surface area is 140 Å². The number of rotatable bonds is 6. The van der Waals surface area contributed by atoms with E-state index in [4.69, 9.17) is 9.26 Å². The molecule has 1 aromatic heterocycles. The number of carbonyl (C=O) groups excluding carboxylic acids is 1. The molecule has 0 radical (unpaired) electrons. The largest absolute Gasteiger partial charge is 0.493 e. The van der Waals surface area contributed by atoms with Crippen LogP contribution in [0.4, 0.5) is 5.69 Å². The van der Waals surface area contributed by atoms with Gasteiger partial charge in [-0.25, -0.2) is 0 Å². The summed E-state index contributed by atoms with van der Waals surface area (Å²) in [6, 6.07) is 19.0. The van der Waals surface area contributed by atoms with Crippen LogP contribution < -0.4 is 10.1 Å². The Kier molecular flexibility index (Phi) is 4.91. The average Bonchev–Trinajstić information content (AvgIpc) is 3.03. The number of anilines is 1. The summed E-state index contributed by atoms with van der Waals surface area (Å²) in [5.41, 5.74) is 2.53. The van der Waals surface area contributed by atoms with E-state index in [2.05, 4.69) is 22.6 Å². The molecule has 0 bridgehead atoms. The minimum absolute atomic E-state index is 0.183. The highest BCUT2D eigenvalue weighted by molar-refractivity contribution is 6.02. The molecule has 0 aliphatic carbocycles. The number of nitrogens with zero attached hydrogens (tertiary/aromatic N) is 1. The molecule has 122 valence electrons. The first-order valence-corrected chi connectivity index (χ1v) is 7.72. The number of aryl methyl sites for hydroxylation is 1. The quantitative estimate of drug-likeness (QED) is 0.748. The van der Waals surface area contributed by atoms with Crippen LogP contribution in [0.25, 0.3) is 0 Å². The van der Waals surface area contributed by atoms with Crippen LogP contribution in [0.3, 0.4) is 0 Å². The molecular weight excluding hydrogens is 304 g/mol. The zero-order valence-corrected chi connectivity index (χ0v) is 13.4. The van der Waals surface area contributed by atoms with E-state index in [1.165, 1.54) is 5.56 Å². The van der Waals surface area contributed by atoms with Crippen molar-refractivity contribution >= 4 is 11.6 Å². The molecule has 5 nitrogen and oxygen atoms in total.